The average Bonchev–Trinajstić information content (AvgIpc) is 3.07. The van der Waals surface area contributed by atoms with Crippen molar-refractivity contribution in [3.8, 4) is 0 Å². The zero-order valence-electron chi connectivity index (χ0n) is 11.7. The lowest BCUT2D eigenvalue weighted by Crippen LogP contribution is -2.51. The highest BCUT2D eigenvalue weighted by Crippen LogP contribution is 2.30. The van der Waals surface area contributed by atoms with Crippen molar-refractivity contribution in [2.24, 2.45) is 5.73 Å². The van der Waals surface area contributed by atoms with E-state index in [1.54, 1.807) is 6.07 Å². The molecule has 6 nitrogen and oxygen atoms in total. The number of nitrogens with two attached hydrogens (primary N) is 1. The Kier molecular flexibility index (Phi) is 3.73. The van der Waals surface area contributed by atoms with Crippen molar-refractivity contribution < 1.29 is 12.9 Å². The predicted molar refractivity (Wildman–Crippen MR) is 80.0 cm³/mol. The van der Waals surface area contributed by atoms with E-state index in [2.05, 4.69) is 9.88 Å². The van der Waals surface area contributed by atoms with E-state index in [0.29, 0.717) is 17.8 Å². The van der Waals surface area contributed by atoms with Gasteiger partial charge in [0.05, 0.1) is 0 Å². The van der Waals surface area contributed by atoms with Crippen molar-refractivity contribution in [2.45, 2.75) is 37.0 Å². The molecule has 21 heavy (non-hydrogen) atoms. The van der Waals surface area contributed by atoms with Crippen LogP contribution in [0.3, 0.4) is 0 Å². The minimum atomic E-state index is -3.50. The van der Waals surface area contributed by atoms with Crippen LogP contribution < -0.4 is 10.5 Å². The van der Waals surface area contributed by atoms with E-state index in [1.807, 2.05) is 18.2 Å². The Morgan fingerprint density at radius 3 is 2.71 bits per heavy atom. The van der Waals surface area contributed by atoms with Gasteiger partial charge in [-0.05, 0) is 25.0 Å². The third-order valence-corrected chi connectivity index (χ3v) is 5.50. The van der Waals surface area contributed by atoms with Gasteiger partial charge in [0.2, 0.25) is 10.0 Å². The molecule has 0 saturated heterocycles. The summed E-state index contributed by atoms with van der Waals surface area (Å²) < 4.78 is 32.8. The van der Waals surface area contributed by atoms with Crippen LogP contribution in [0.5, 0.6) is 0 Å². The van der Waals surface area contributed by atoms with Crippen molar-refractivity contribution in [3.05, 3.63) is 30.0 Å². The van der Waals surface area contributed by atoms with Gasteiger partial charge in [-0.25, -0.2) is 13.1 Å². The van der Waals surface area contributed by atoms with Gasteiger partial charge in [0.15, 0.2) is 5.58 Å². The summed E-state index contributed by atoms with van der Waals surface area (Å²) in [5.74, 6) is -0.189. The van der Waals surface area contributed by atoms with Gasteiger partial charge in [0.1, 0.15) is 11.4 Å². The smallest absolute Gasteiger partial charge is 0.218 e. The topological polar surface area (TPSA) is 98.2 Å². The molecule has 1 saturated carbocycles. The van der Waals surface area contributed by atoms with Gasteiger partial charge in [-0.2, -0.15) is 0 Å². The lowest BCUT2D eigenvalue weighted by molar-refractivity contribution is 0.398. The molecule has 0 unspecified atom stereocenters. The normalized spacial score (nSPS) is 18.3. The molecule has 0 spiro atoms. The van der Waals surface area contributed by atoms with Crippen LogP contribution in [0.2, 0.25) is 0 Å². The molecular formula is C14H19N3O3S. The Balaban J connectivity index is 1.83. The second-order valence-electron chi connectivity index (χ2n) is 5.68. The van der Waals surface area contributed by atoms with E-state index in [1.165, 1.54) is 0 Å². The summed E-state index contributed by atoms with van der Waals surface area (Å²) in [7, 11) is -3.50. The Hall–Kier alpha value is -1.44. The molecule has 1 fully saturated rings. The van der Waals surface area contributed by atoms with E-state index in [-0.39, 0.29) is 5.75 Å². The number of aromatic nitrogens is 1. The largest absolute Gasteiger partial charge is 0.356 e. The Labute approximate surface area is 123 Å². The molecule has 1 aliphatic rings. The Morgan fingerprint density at radius 2 is 2.00 bits per heavy atom. The van der Waals surface area contributed by atoms with Crippen molar-refractivity contribution in [1.82, 2.24) is 9.88 Å². The summed E-state index contributed by atoms with van der Waals surface area (Å²) in [5.41, 5.74) is 6.32. The van der Waals surface area contributed by atoms with E-state index in [9.17, 15) is 8.42 Å². The number of benzene rings is 1. The molecule has 7 heteroatoms. The first kappa shape index (κ1) is 14.5. The first-order chi connectivity index (χ1) is 10.0. The first-order valence-corrected chi connectivity index (χ1v) is 8.74. The lowest BCUT2D eigenvalue weighted by Gasteiger charge is -2.28. The van der Waals surface area contributed by atoms with Crippen molar-refractivity contribution in [2.75, 3.05) is 6.54 Å². The zero-order valence-corrected chi connectivity index (χ0v) is 12.5. The number of rotatable bonds is 5. The minimum absolute atomic E-state index is 0.189. The molecular weight excluding hydrogens is 290 g/mol. The van der Waals surface area contributed by atoms with Crippen LogP contribution in [0.25, 0.3) is 11.0 Å². The van der Waals surface area contributed by atoms with Gasteiger partial charge >= 0.3 is 0 Å². The molecule has 1 aromatic heterocycles. The van der Waals surface area contributed by atoms with Gasteiger partial charge < -0.3 is 10.3 Å². The Morgan fingerprint density at radius 1 is 1.29 bits per heavy atom. The molecule has 1 aromatic carbocycles. The number of nitrogens with zero attached hydrogens (tertiary/aromatic N) is 1. The van der Waals surface area contributed by atoms with Crippen LogP contribution in [-0.2, 0) is 15.8 Å². The number of fused-ring (bicyclic) bond motifs is 1. The number of nitrogens with one attached hydrogen (secondary N) is 1. The maximum absolute atomic E-state index is 12.4. The van der Waals surface area contributed by atoms with E-state index < -0.39 is 15.6 Å². The van der Waals surface area contributed by atoms with Crippen molar-refractivity contribution in [1.29, 1.82) is 0 Å². The van der Waals surface area contributed by atoms with Crippen LogP contribution in [0.4, 0.5) is 0 Å². The van der Waals surface area contributed by atoms with E-state index >= 15 is 0 Å². The number of sulfonamides is 1. The van der Waals surface area contributed by atoms with Gasteiger partial charge in [0.25, 0.3) is 0 Å². The second kappa shape index (κ2) is 5.40. The van der Waals surface area contributed by atoms with Gasteiger partial charge in [-0.3, -0.25) is 0 Å². The molecule has 114 valence electrons. The summed E-state index contributed by atoms with van der Waals surface area (Å²) >= 11 is 0. The number of hydrogen-bond donors (Lipinski definition) is 2. The van der Waals surface area contributed by atoms with E-state index in [4.69, 9.17) is 10.3 Å². The molecule has 0 atom stereocenters. The second-order valence-corrected chi connectivity index (χ2v) is 7.40. The SMILES string of the molecule is NCC1(NS(=O)(=O)Cc2noc3ccccc23)CCCC1. The number of para-hydroxylation sites is 1. The molecule has 0 bridgehead atoms. The standard InChI is InChI=1S/C14H19N3O3S/c15-10-14(7-3-4-8-14)17-21(18,19)9-12-11-5-1-2-6-13(11)20-16-12/h1-2,5-6,17H,3-4,7-10,15H2. The highest BCUT2D eigenvalue weighted by Gasteiger charge is 2.36. The molecule has 1 aliphatic carbocycles. The molecule has 2 aromatic rings. The first-order valence-electron chi connectivity index (χ1n) is 7.09. The predicted octanol–water partition coefficient (Wildman–Crippen LogP) is 1.52. The van der Waals surface area contributed by atoms with Crippen LogP contribution in [0.15, 0.2) is 28.8 Å². The number of hydrogen-bond acceptors (Lipinski definition) is 5. The molecule has 0 amide bonds. The van der Waals surface area contributed by atoms with Crippen molar-refractivity contribution in [3.63, 3.8) is 0 Å². The highest BCUT2D eigenvalue weighted by atomic mass is 32.2. The molecule has 1 heterocycles. The maximum Gasteiger partial charge on any atom is 0.218 e. The quantitative estimate of drug-likeness (QED) is 0.872. The maximum atomic E-state index is 12.4. The van der Waals surface area contributed by atoms with Gasteiger partial charge in [0, 0.05) is 17.5 Å². The molecule has 0 aliphatic heterocycles. The molecule has 0 radical (unpaired) electrons. The fraction of sp³-hybridized carbons (Fsp3) is 0.500. The van der Waals surface area contributed by atoms with Gasteiger partial charge in [-0.15, -0.1) is 0 Å². The Bertz CT molecular complexity index is 733. The molecule has 3 N–H and O–H groups in total. The van der Waals surface area contributed by atoms with Crippen LogP contribution in [0.1, 0.15) is 31.4 Å². The van der Waals surface area contributed by atoms with Crippen molar-refractivity contribution >= 4 is 21.0 Å². The average molecular weight is 309 g/mol. The third kappa shape index (κ3) is 2.95. The minimum Gasteiger partial charge on any atom is -0.356 e. The summed E-state index contributed by atoms with van der Waals surface area (Å²) in [6, 6.07) is 7.24. The zero-order chi connectivity index (χ0) is 14.9. The summed E-state index contributed by atoms with van der Waals surface area (Å²) in [4.78, 5) is 0. The fourth-order valence-corrected chi connectivity index (χ4v) is 4.58. The lowest BCUT2D eigenvalue weighted by atomic mass is 10.0. The molecule has 3 rings (SSSR count). The summed E-state index contributed by atoms with van der Waals surface area (Å²) in [6.45, 7) is 0.325. The van der Waals surface area contributed by atoms with Crippen LogP contribution in [-0.4, -0.2) is 25.7 Å². The fourth-order valence-electron chi connectivity index (χ4n) is 2.99. The summed E-state index contributed by atoms with van der Waals surface area (Å²) in [6.07, 6.45) is 3.60. The van der Waals surface area contributed by atoms with Gasteiger partial charge in [-0.1, -0.05) is 30.1 Å². The third-order valence-electron chi connectivity index (χ3n) is 4.10. The van der Waals surface area contributed by atoms with E-state index in [0.717, 1.165) is 31.1 Å². The highest BCUT2D eigenvalue weighted by molar-refractivity contribution is 7.88. The van der Waals surface area contributed by atoms with Crippen LogP contribution in [0, 0.1) is 0 Å². The monoisotopic (exact) mass is 309 g/mol. The van der Waals surface area contributed by atoms with Crippen LogP contribution >= 0.6 is 0 Å². The summed E-state index contributed by atoms with van der Waals surface area (Å²) in [5, 5.41) is 4.61.